The lowest BCUT2D eigenvalue weighted by molar-refractivity contribution is 0.525. The van der Waals surface area contributed by atoms with Crippen LogP contribution in [0.25, 0.3) is 0 Å². The fourth-order valence-corrected chi connectivity index (χ4v) is 3.92. The highest BCUT2D eigenvalue weighted by Gasteiger charge is 2.36. The molecule has 1 saturated carbocycles. The maximum Gasteiger partial charge on any atom is 0.274 e. The van der Waals surface area contributed by atoms with E-state index < -0.39 is 10.2 Å². The maximum atomic E-state index is 11.2. The molecule has 2 heterocycles. The van der Waals surface area contributed by atoms with Crippen LogP contribution in [0.2, 0.25) is 0 Å². The van der Waals surface area contributed by atoms with Crippen molar-refractivity contribution in [3.8, 4) is 0 Å². The molecule has 21 heavy (non-hydrogen) atoms. The molecule has 7 nitrogen and oxygen atoms in total. The molecule has 1 aliphatic heterocycles. The Hall–Kier alpha value is -1.29. The van der Waals surface area contributed by atoms with E-state index in [1.54, 1.807) is 13.2 Å². The highest BCUT2D eigenvalue weighted by atomic mass is 32.2. The minimum absolute atomic E-state index is 0.222. The van der Waals surface area contributed by atoms with Crippen LogP contribution >= 0.6 is 11.3 Å². The number of nitrogens with two attached hydrogens (primary N) is 1. The number of aliphatic imine (C=N–C) groups is 1. The molecule has 3 rings (SSSR count). The van der Waals surface area contributed by atoms with Crippen molar-refractivity contribution in [2.75, 3.05) is 13.6 Å². The van der Waals surface area contributed by atoms with Gasteiger partial charge in [0.15, 0.2) is 10.8 Å². The van der Waals surface area contributed by atoms with Crippen LogP contribution < -0.4 is 9.86 Å². The summed E-state index contributed by atoms with van der Waals surface area (Å²) in [6.07, 6.45) is 4.53. The van der Waals surface area contributed by atoms with Crippen molar-refractivity contribution >= 4 is 27.4 Å². The van der Waals surface area contributed by atoms with Gasteiger partial charge in [-0.3, -0.25) is 4.99 Å². The van der Waals surface area contributed by atoms with Crippen LogP contribution in [-0.4, -0.2) is 43.8 Å². The van der Waals surface area contributed by atoms with Gasteiger partial charge in [0.1, 0.15) is 0 Å². The summed E-state index contributed by atoms with van der Waals surface area (Å²) in [6, 6.07) is -0.222. The molecule has 0 aromatic carbocycles. The zero-order chi connectivity index (χ0) is 15.0. The zero-order valence-corrected chi connectivity index (χ0v) is 13.2. The summed E-state index contributed by atoms with van der Waals surface area (Å²) < 4.78 is 25.0. The smallest absolute Gasteiger partial charge is 0.274 e. The first-order valence-corrected chi connectivity index (χ1v) is 9.05. The van der Waals surface area contributed by atoms with Gasteiger partial charge in [-0.1, -0.05) is 0 Å². The van der Waals surface area contributed by atoms with Crippen LogP contribution in [-0.2, 0) is 10.2 Å². The fourth-order valence-electron chi connectivity index (χ4n) is 2.62. The lowest BCUT2D eigenvalue weighted by atomic mass is 10.2. The van der Waals surface area contributed by atoms with Crippen molar-refractivity contribution < 1.29 is 8.42 Å². The first-order valence-electron chi connectivity index (χ1n) is 6.63. The molecule has 0 radical (unpaired) electrons. The third-order valence-corrected chi connectivity index (χ3v) is 4.93. The topological polar surface area (TPSA) is 101 Å². The van der Waals surface area contributed by atoms with Crippen molar-refractivity contribution in [3.05, 3.63) is 27.9 Å². The minimum atomic E-state index is -3.70. The van der Waals surface area contributed by atoms with Gasteiger partial charge in [0, 0.05) is 43.3 Å². The number of nitrogens with zero attached hydrogens (tertiary/aromatic N) is 3. The quantitative estimate of drug-likeness (QED) is 0.621. The molecule has 2 fully saturated rings. The van der Waals surface area contributed by atoms with Gasteiger partial charge in [-0.05, 0) is 18.4 Å². The van der Waals surface area contributed by atoms with Crippen molar-refractivity contribution in [2.45, 2.75) is 25.3 Å². The van der Waals surface area contributed by atoms with Crippen molar-refractivity contribution in [3.63, 3.8) is 0 Å². The van der Waals surface area contributed by atoms with Gasteiger partial charge < -0.3 is 4.90 Å². The molecule has 1 aliphatic carbocycles. The van der Waals surface area contributed by atoms with Gasteiger partial charge in [-0.2, -0.15) is 13.1 Å². The summed E-state index contributed by atoms with van der Waals surface area (Å²) in [7, 11) is -1.97. The fraction of sp³-hybridized carbons (Fsp3) is 0.500. The van der Waals surface area contributed by atoms with Crippen LogP contribution in [0.5, 0.6) is 0 Å². The summed E-state index contributed by atoms with van der Waals surface area (Å²) in [6.45, 7) is 0.529. The standard InChI is InChI=1S/C12H17N5O2S2/c1-14-11(12-15-4-5-20-12)17-7-9(16-21(13,18)19)6-10(17)8-2-3-8/h4-5,9,16H,2-3,6-7H2,1H3,(H2,13,18,19)/b14-11-/t9-/m0/s1. The summed E-state index contributed by atoms with van der Waals surface area (Å²) in [5, 5.41) is 7.83. The second-order valence-corrected chi connectivity index (χ2v) is 7.33. The van der Waals surface area contributed by atoms with Gasteiger partial charge in [-0.25, -0.2) is 10.1 Å². The van der Waals surface area contributed by atoms with Crippen molar-refractivity contribution in [1.82, 2.24) is 14.6 Å². The minimum Gasteiger partial charge on any atom is -0.326 e. The van der Waals surface area contributed by atoms with Gasteiger partial charge in [0.25, 0.3) is 10.2 Å². The molecule has 0 amide bonds. The van der Waals surface area contributed by atoms with E-state index in [0.29, 0.717) is 13.0 Å². The lowest BCUT2D eigenvalue weighted by Crippen LogP contribution is -2.41. The van der Waals surface area contributed by atoms with E-state index >= 15 is 0 Å². The summed E-state index contributed by atoms with van der Waals surface area (Å²) in [5.41, 5.74) is 2.53. The molecule has 2 aliphatic rings. The Balaban J connectivity index is 1.88. The average molecular weight is 327 g/mol. The Labute approximate surface area is 127 Å². The first kappa shape index (κ1) is 14.6. The Morgan fingerprint density at radius 3 is 2.86 bits per heavy atom. The number of likely N-dealkylation sites (tertiary alicyclic amines) is 1. The van der Waals surface area contributed by atoms with Crippen LogP contribution in [0.1, 0.15) is 24.3 Å². The van der Waals surface area contributed by atoms with Crippen molar-refractivity contribution in [1.29, 1.82) is 0 Å². The third-order valence-electron chi connectivity index (χ3n) is 3.50. The Morgan fingerprint density at radius 2 is 2.33 bits per heavy atom. The second-order valence-electron chi connectivity index (χ2n) is 5.11. The third kappa shape index (κ3) is 3.31. The molecule has 114 valence electrons. The van der Waals surface area contributed by atoms with Gasteiger partial charge in [0.2, 0.25) is 0 Å². The predicted octanol–water partition coefficient (Wildman–Crippen LogP) is 0.435. The molecule has 1 aromatic heterocycles. The van der Waals surface area contributed by atoms with Crippen molar-refractivity contribution in [2.24, 2.45) is 10.1 Å². The highest BCUT2D eigenvalue weighted by molar-refractivity contribution is 7.87. The maximum absolute atomic E-state index is 11.2. The van der Waals surface area contributed by atoms with Gasteiger partial charge >= 0.3 is 0 Å². The average Bonchev–Trinajstić information content (AvgIpc) is 2.94. The largest absolute Gasteiger partial charge is 0.326 e. The van der Waals surface area contributed by atoms with E-state index in [4.69, 9.17) is 5.14 Å². The van der Waals surface area contributed by atoms with E-state index in [9.17, 15) is 8.42 Å². The van der Waals surface area contributed by atoms with E-state index in [1.807, 2.05) is 5.38 Å². The number of amidine groups is 1. The number of rotatable bonds is 3. The lowest BCUT2D eigenvalue weighted by Gasteiger charge is -2.20. The first-order chi connectivity index (χ1) is 9.98. The second kappa shape index (κ2) is 5.48. The van der Waals surface area contributed by atoms with Crippen LogP contribution in [0, 0.1) is 0 Å². The Morgan fingerprint density at radius 1 is 1.57 bits per heavy atom. The molecule has 0 unspecified atom stereocenters. The van der Waals surface area contributed by atoms with E-state index in [-0.39, 0.29) is 6.04 Å². The van der Waals surface area contributed by atoms with E-state index in [0.717, 1.165) is 29.4 Å². The number of hydrogen-bond acceptors (Lipinski definition) is 5. The summed E-state index contributed by atoms with van der Waals surface area (Å²) >= 11 is 1.52. The van der Waals surface area contributed by atoms with Crippen LogP contribution in [0.4, 0.5) is 0 Å². The molecule has 1 saturated heterocycles. The molecule has 0 spiro atoms. The number of aromatic nitrogens is 1. The molecule has 1 aromatic rings. The van der Waals surface area contributed by atoms with Crippen LogP contribution in [0.15, 0.2) is 27.8 Å². The summed E-state index contributed by atoms with van der Waals surface area (Å²) in [5.74, 6) is 0.790. The zero-order valence-electron chi connectivity index (χ0n) is 11.6. The highest BCUT2D eigenvalue weighted by Crippen LogP contribution is 2.39. The van der Waals surface area contributed by atoms with Crippen LogP contribution in [0.3, 0.4) is 0 Å². The monoisotopic (exact) mass is 327 g/mol. The molecule has 9 heteroatoms. The van der Waals surface area contributed by atoms with Gasteiger partial charge in [-0.15, -0.1) is 11.3 Å². The number of allylic oxidation sites excluding steroid dienone is 1. The molecule has 3 N–H and O–H groups in total. The van der Waals surface area contributed by atoms with E-state index in [2.05, 4.69) is 19.6 Å². The Bertz CT molecular complexity index is 687. The van der Waals surface area contributed by atoms with Gasteiger partial charge in [0.05, 0.1) is 0 Å². The molecule has 1 atom stereocenters. The number of thiazole rings is 1. The molecule has 0 bridgehead atoms. The molecular formula is C12H17N5O2S2. The number of hydrogen-bond donors (Lipinski definition) is 2. The predicted molar refractivity (Wildman–Crippen MR) is 82.2 cm³/mol. The molecular weight excluding hydrogens is 310 g/mol. The normalized spacial score (nSPS) is 23.0. The van der Waals surface area contributed by atoms with E-state index in [1.165, 1.54) is 16.9 Å². The summed E-state index contributed by atoms with van der Waals surface area (Å²) in [4.78, 5) is 10.7. The SMILES string of the molecule is C/N=C(/c1nccs1)N1C[C@@H](NS(N)(=O)=O)CC1=C1CC1. The Kier molecular flexibility index (Phi) is 3.82. The number of nitrogens with one attached hydrogen (secondary N) is 1.